The van der Waals surface area contributed by atoms with E-state index in [2.05, 4.69) is 20.9 Å². The summed E-state index contributed by atoms with van der Waals surface area (Å²) in [6.45, 7) is 10.9. The maximum absolute atomic E-state index is 13.6. The lowest BCUT2D eigenvalue weighted by atomic mass is 9.99. The zero-order valence-electron chi connectivity index (χ0n) is 22.3. The molecule has 11 heteroatoms. The zero-order chi connectivity index (χ0) is 27.9. The number of benzene rings is 1. The maximum atomic E-state index is 13.6. The minimum atomic E-state index is -4.43. The van der Waals surface area contributed by atoms with Crippen LogP contribution in [0.25, 0.3) is 0 Å². The molecule has 0 aliphatic heterocycles. The molecule has 0 spiro atoms. The second kappa shape index (κ2) is 12.4. The monoisotopic (exact) mass is 525 g/mol. The maximum Gasteiger partial charge on any atom is 0.408 e. The second-order valence-corrected chi connectivity index (χ2v) is 10.5. The Morgan fingerprint density at radius 1 is 1.08 bits per heavy atom. The number of carbonyl (C=O) groups is 2. The fraction of sp³-hybridized carbons (Fsp3) is 0.577. The van der Waals surface area contributed by atoms with Gasteiger partial charge in [0, 0.05) is 11.7 Å². The number of hydrogen-bond donors (Lipinski definition) is 3. The first-order valence-electron chi connectivity index (χ1n) is 12.3. The van der Waals surface area contributed by atoms with Crippen molar-refractivity contribution in [3.63, 3.8) is 0 Å². The summed E-state index contributed by atoms with van der Waals surface area (Å²) in [5.74, 6) is -0.163. The smallest absolute Gasteiger partial charge is 0.408 e. The first kappa shape index (κ1) is 30.1. The predicted molar refractivity (Wildman–Crippen MR) is 136 cm³/mol. The number of imidazole rings is 1. The quantitative estimate of drug-likeness (QED) is 0.358. The summed E-state index contributed by atoms with van der Waals surface area (Å²) in [6, 6.07) is 5.15. The van der Waals surface area contributed by atoms with Crippen LogP contribution in [0.2, 0.25) is 0 Å². The highest BCUT2D eigenvalue weighted by molar-refractivity contribution is 5.95. The van der Waals surface area contributed by atoms with E-state index in [1.807, 2.05) is 20.8 Å². The van der Waals surface area contributed by atoms with Gasteiger partial charge in [-0.25, -0.2) is 9.78 Å². The summed E-state index contributed by atoms with van der Waals surface area (Å²) in [4.78, 5) is 29.1. The van der Waals surface area contributed by atoms with Crippen molar-refractivity contribution >= 4 is 17.8 Å². The van der Waals surface area contributed by atoms with E-state index in [1.165, 1.54) is 18.5 Å². The van der Waals surface area contributed by atoms with Crippen molar-refractivity contribution in [1.82, 2.24) is 20.2 Å². The Morgan fingerprint density at radius 3 is 2.30 bits per heavy atom. The van der Waals surface area contributed by atoms with Gasteiger partial charge in [0.15, 0.2) is 5.82 Å². The number of ether oxygens (including phenoxy) is 1. The summed E-state index contributed by atoms with van der Waals surface area (Å²) in [7, 11) is 0. The van der Waals surface area contributed by atoms with Crippen LogP contribution < -0.4 is 16.0 Å². The van der Waals surface area contributed by atoms with Crippen LogP contribution in [0.3, 0.4) is 0 Å². The van der Waals surface area contributed by atoms with Crippen LogP contribution in [0.5, 0.6) is 0 Å². The standard InChI is InChI=1S/C26H38F3N5O3/c1-7-11-19(32-23(36)37-24(2,3)4)22(35)33-20-16-34(17-31-20)25(5,6)14-15-30-21(26(27,28)29)18-12-9-8-10-13-18/h8-10,12-13,16-17,19,21,30H,7,11,14-15H2,1-6H3,(H,32,36)(H,33,35). The SMILES string of the molecule is CCCC(NC(=O)OC(C)(C)C)C(=O)Nc1cn(C(C)(C)CCNC(c2ccccc2)C(F)(F)F)cn1. The minimum Gasteiger partial charge on any atom is -0.444 e. The number of aromatic nitrogens is 2. The van der Waals surface area contributed by atoms with E-state index in [0.29, 0.717) is 19.3 Å². The number of nitrogens with one attached hydrogen (secondary N) is 3. The lowest BCUT2D eigenvalue weighted by Crippen LogP contribution is -2.45. The van der Waals surface area contributed by atoms with Crippen molar-refractivity contribution in [2.24, 2.45) is 0 Å². The first-order chi connectivity index (χ1) is 17.1. The number of rotatable bonds is 11. The van der Waals surface area contributed by atoms with E-state index in [4.69, 9.17) is 4.74 Å². The molecule has 0 aliphatic rings. The molecule has 206 valence electrons. The molecule has 0 bridgehead atoms. The van der Waals surface area contributed by atoms with Gasteiger partial charge in [0.05, 0.1) is 6.33 Å². The third-order valence-electron chi connectivity index (χ3n) is 5.66. The topological polar surface area (TPSA) is 97.3 Å². The Hall–Kier alpha value is -3.08. The normalized spacial score (nSPS) is 14.1. The van der Waals surface area contributed by atoms with Crippen LogP contribution in [0, 0.1) is 0 Å². The summed E-state index contributed by atoms with van der Waals surface area (Å²) in [5, 5.41) is 7.91. The lowest BCUT2D eigenvalue weighted by molar-refractivity contribution is -0.157. The highest BCUT2D eigenvalue weighted by atomic mass is 19.4. The van der Waals surface area contributed by atoms with Gasteiger partial charge < -0.3 is 25.3 Å². The molecular weight excluding hydrogens is 487 g/mol. The zero-order valence-corrected chi connectivity index (χ0v) is 22.3. The van der Waals surface area contributed by atoms with E-state index in [9.17, 15) is 22.8 Å². The Labute approximate surface area is 216 Å². The molecule has 2 amide bonds. The molecule has 0 saturated carbocycles. The summed E-state index contributed by atoms with van der Waals surface area (Å²) in [6.07, 6.45) is -0.547. The molecule has 37 heavy (non-hydrogen) atoms. The number of alkyl halides is 3. The number of carbonyl (C=O) groups excluding carboxylic acids is 2. The Balaban J connectivity index is 2.00. The Morgan fingerprint density at radius 2 is 1.73 bits per heavy atom. The molecule has 0 saturated heterocycles. The average Bonchev–Trinajstić information content (AvgIpc) is 3.24. The molecule has 2 unspecified atom stereocenters. The van der Waals surface area contributed by atoms with Crippen LogP contribution in [-0.4, -0.2) is 45.9 Å². The van der Waals surface area contributed by atoms with E-state index < -0.39 is 41.4 Å². The number of halogens is 3. The van der Waals surface area contributed by atoms with E-state index in [1.54, 1.807) is 49.7 Å². The molecule has 1 heterocycles. The molecule has 0 fully saturated rings. The van der Waals surface area contributed by atoms with Crippen molar-refractivity contribution in [2.45, 2.75) is 90.2 Å². The number of nitrogens with zero attached hydrogens (tertiary/aromatic N) is 2. The lowest BCUT2D eigenvalue weighted by Gasteiger charge is -2.29. The van der Waals surface area contributed by atoms with Crippen LogP contribution in [-0.2, 0) is 15.1 Å². The van der Waals surface area contributed by atoms with Gasteiger partial charge in [-0.3, -0.25) is 4.79 Å². The molecule has 2 aromatic rings. The van der Waals surface area contributed by atoms with Gasteiger partial charge in [-0.1, -0.05) is 43.7 Å². The Kier molecular flexibility index (Phi) is 10.1. The summed E-state index contributed by atoms with van der Waals surface area (Å²) < 4.78 is 47.8. The second-order valence-electron chi connectivity index (χ2n) is 10.5. The van der Waals surface area contributed by atoms with Gasteiger partial charge in [-0.2, -0.15) is 13.2 Å². The van der Waals surface area contributed by atoms with Crippen LogP contribution in [0.4, 0.5) is 23.8 Å². The summed E-state index contributed by atoms with van der Waals surface area (Å²) >= 11 is 0. The van der Waals surface area contributed by atoms with Crippen molar-refractivity contribution in [1.29, 1.82) is 0 Å². The number of alkyl carbamates (subject to hydrolysis) is 1. The number of amides is 2. The van der Waals surface area contributed by atoms with Crippen LogP contribution in [0.15, 0.2) is 42.9 Å². The number of hydrogen-bond acceptors (Lipinski definition) is 5. The van der Waals surface area contributed by atoms with Gasteiger partial charge in [0.25, 0.3) is 0 Å². The highest BCUT2D eigenvalue weighted by Crippen LogP contribution is 2.33. The van der Waals surface area contributed by atoms with Gasteiger partial charge in [-0.15, -0.1) is 0 Å². The Bertz CT molecular complexity index is 1020. The van der Waals surface area contributed by atoms with Crippen molar-refractivity contribution in [3.8, 4) is 0 Å². The molecule has 3 N–H and O–H groups in total. The number of anilines is 1. The molecule has 2 rings (SSSR count). The van der Waals surface area contributed by atoms with Crippen molar-refractivity contribution < 1.29 is 27.5 Å². The van der Waals surface area contributed by atoms with Gasteiger partial charge in [0.1, 0.15) is 17.7 Å². The predicted octanol–water partition coefficient (Wildman–Crippen LogP) is 5.53. The first-order valence-corrected chi connectivity index (χ1v) is 12.3. The van der Waals surface area contributed by atoms with Crippen LogP contribution in [0.1, 0.15) is 72.4 Å². The van der Waals surface area contributed by atoms with Gasteiger partial charge in [0.2, 0.25) is 5.91 Å². The fourth-order valence-electron chi connectivity index (χ4n) is 3.66. The molecule has 1 aromatic carbocycles. The van der Waals surface area contributed by atoms with E-state index >= 15 is 0 Å². The van der Waals surface area contributed by atoms with Gasteiger partial charge >= 0.3 is 12.3 Å². The van der Waals surface area contributed by atoms with Crippen LogP contribution >= 0.6 is 0 Å². The molecule has 2 atom stereocenters. The minimum absolute atomic E-state index is 0.102. The third kappa shape index (κ3) is 9.71. The average molecular weight is 526 g/mol. The highest BCUT2D eigenvalue weighted by Gasteiger charge is 2.40. The van der Waals surface area contributed by atoms with E-state index in [-0.39, 0.29) is 17.9 Å². The molecule has 0 aliphatic carbocycles. The van der Waals surface area contributed by atoms with Crippen molar-refractivity contribution in [3.05, 3.63) is 48.4 Å². The van der Waals surface area contributed by atoms with Crippen molar-refractivity contribution in [2.75, 3.05) is 11.9 Å². The molecule has 8 nitrogen and oxygen atoms in total. The fourth-order valence-corrected chi connectivity index (χ4v) is 3.66. The van der Waals surface area contributed by atoms with Gasteiger partial charge in [-0.05, 0) is 59.6 Å². The third-order valence-corrected chi connectivity index (χ3v) is 5.66. The van der Waals surface area contributed by atoms with E-state index in [0.717, 1.165) is 0 Å². The summed E-state index contributed by atoms with van der Waals surface area (Å²) in [5.41, 5.74) is -1.13. The largest absolute Gasteiger partial charge is 0.444 e. The molecular formula is C26H38F3N5O3. The molecule has 0 radical (unpaired) electrons. The molecule has 1 aromatic heterocycles.